The molecule has 6 heteroatoms. The van der Waals surface area contributed by atoms with Gasteiger partial charge in [-0.05, 0) is 35.7 Å². The topological polar surface area (TPSA) is 79.2 Å². The van der Waals surface area contributed by atoms with E-state index in [1.54, 1.807) is 47.8 Å². The van der Waals surface area contributed by atoms with Crippen molar-refractivity contribution in [3.05, 3.63) is 82.7 Å². The average molecular weight is 362 g/mol. The normalized spacial score (nSPS) is 9.96. The zero-order valence-electron chi connectivity index (χ0n) is 13.6. The molecule has 0 radical (unpaired) electrons. The number of anilines is 1. The quantitative estimate of drug-likeness (QED) is 0.675. The van der Waals surface area contributed by atoms with Gasteiger partial charge in [-0.3, -0.25) is 9.59 Å². The Kier molecular flexibility index (Phi) is 5.42. The number of hydrogen-bond acceptors (Lipinski definition) is 5. The Morgan fingerprint density at radius 1 is 1.00 bits per heavy atom. The van der Waals surface area contributed by atoms with Crippen LogP contribution in [0, 0.1) is 11.3 Å². The van der Waals surface area contributed by atoms with Gasteiger partial charge in [0.25, 0.3) is 5.91 Å². The Hall–Kier alpha value is -3.43. The Morgan fingerprint density at radius 2 is 1.69 bits per heavy atom. The van der Waals surface area contributed by atoms with Crippen molar-refractivity contribution in [3.8, 4) is 11.8 Å². The lowest BCUT2D eigenvalue weighted by molar-refractivity contribution is -0.118. The van der Waals surface area contributed by atoms with Gasteiger partial charge in [0.05, 0.1) is 5.56 Å². The summed E-state index contributed by atoms with van der Waals surface area (Å²) in [6.07, 6.45) is 0. The van der Waals surface area contributed by atoms with Crippen LogP contribution in [0.4, 0.5) is 5.00 Å². The number of nitrogens with zero attached hydrogens (tertiary/aromatic N) is 1. The molecule has 0 saturated heterocycles. The van der Waals surface area contributed by atoms with Gasteiger partial charge >= 0.3 is 0 Å². The van der Waals surface area contributed by atoms with Crippen molar-refractivity contribution in [3.63, 3.8) is 0 Å². The minimum absolute atomic E-state index is 0.0726. The maximum Gasteiger partial charge on any atom is 0.262 e. The Bertz CT molecular complexity index is 957. The highest BCUT2D eigenvalue weighted by Crippen LogP contribution is 2.22. The second kappa shape index (κ2) is 8.10. The van der Waals surface area contributed by atoms with Gasteiger partial charge in [-0.1, -0.05) is 30.3 Å². The Morgan fingerprint density at radius 3 is 2.38 bits per heavy atom. The molecule has 1 amide bonds. The largest absolute Gasteiger partial charge is 0.484 e. The minimum atomic E-state index is -0.353. The maximum absolute atomic E-state index is 12.3. The van der Waals surface area contributed by atoms with Crippen LogP contribution >= 0.6 is 11.3 Å². The molecule has 1 heterocycles. The molecular weight excluding hydrogens is 348 g/mol. The molecule has 0 fully saturated rings. The van der Waals surface area contributed by atoms with Crippen molar-refractivity contribution >= 4 is 28.0 Å². The van der Waals surface area contributed by atoms with Crippen LogP contribution in [0.3, 0.4) is 0 Å². The highest BCUT2D eigenvalue weighted by Gasteiger charge is 2.10. The molecule has 0 unspecified atom stereocenters. The third-order valence-corrected chi connectivity index (χ3v) is 4.39. The van der Waals surface area contributed by atoms with Gasteiger partial charge in [-0.2, -0.15) is 5.26 Å². The van der Waals surface area contributed by atoms with E-state index in [0.717, 1.165) is 0 Å². The average Bonchev–Trinajstić information content (AvgIpc) is 3.14. The molecule has 128 valence electrons. The summed E-state index contributed by atoms with van der Waals surface area (Å²) in [7, 11) is 0. The molecule has 3 aromatic rings. The molecule has 0 aliphatic rings. The van der Waals surface area contributed by atoms with E-state index in [2.05, 4.69) is 5.32 Å². The van der Waals surface area contributed by atoms with E-state index in [1.807, 2.05) is 24.3 Å². The second-order valence-electron chi connectivity index (χ2n) is 5.33. The zero-order valence-corrected chi connectivity index (χ0v) is 14.5. The molecule has 5 nitrogen and oxygen atoms in total. The van der Waals surface area contributed by atoms with Gasteiger partial charge in [0.1, 0.15) is 16.8 Å². The molecule has 0 bridgehead atoms. The fourth-order valence-electron chi connectivity index (χ4n) is 2.26. The summed E-state index contributed by atoms with van der Waals surface area (Å²) in [4.78, 5) is 24.3. The number of ether oxygens (including phenoxy) is 1. The first-order valence-electron chi connectivity index (χ1n) is 7.77. The first-order chi connectivity index (χ1) is 12.7. The number of rotatable bonds is 6. The molecule has 0 aliphatic carbocycles. The number of ketones is 1. The Balaban J connectivity index is 1.57. The minimum Gasteiger partial charge on any atom is -0.484 e. The van der Waals surface area contributed by atoms with Crippen LogP contribution in [-0.4, -0.2) is 18.3 Å². The first kappa shape index (κ1) is 17.4. The van der Waals surface area contributed by atoms with E-state index in [9.17, 15) is 9.59 Å². The van der Waals surface area contributed by atoms with Gasteiger partial charge in [-0.25, -0.2) is 0 Å². The van der Waals surface area contributed by atoms with E-state index in [1.165, 1.54) is 11.3 Å². The molecule has 1 N–H and O–H groups in total. The van der Waals surface area contributed by atoms with Crippen molar-refractivity contribution in [2.45, 2.75) is 0 Å². The number of amides is 1. The van der Waals surface area contributed by atoms with Crippen LogP contribution in [0.15, 0.2) is 66.0 Å². The van der Waals surface area contributed by atoms with Gasteiger partial charge < -0.3 is 10.1 Å². The van der Waals surface area contributed by atoms with Crippen molar-refractivity contribution < 1.29 is 14.3 Å². The Labute approximate surface area is 154 Å². The summed E-state index contributed by atoms with van der Waals surface area (Å²) in [5.74, 6) is 0.0569. The van der Waals surface area contributed by atoms with E-state index >= 15 is 0 Å². The van der Waals surface area contributed by atoms with Crippen molar-refractivity contribution in [2.24, 2.45) is 0 Å². The molecule has 0 saturated carbocycles. The summed E-state index contributed by atoms with van der Waals surface area (Å²) in [6.45, 7) is -0.186. The SMILES string of the molecule is N#Cc1ccsc1NC(=O)COc1ccc(C(=O)c2ccccc2)cc1. The fourth-order valence-corrected chi connectivity index (χ4v) is 3.02. The lowest BCUT2D eigenvalue weighted by Crippen LogP contribution is -2.20. The number of carbonyl (C=O) groups excluding carboxylic acids is 2. The number of hydrogen-bond donors (Lipinski definition) is 1. The third kappa shape index (κ3) is 4.15. The van der Waals surface area contributed by atoms with E-state index < -0.39 is 0 Å². The fraction of sp³-hybridized carbons (Fsp3) is 0.0500. The summed E-state index contributed by atoms with van der Waals surface area (Å²) >= 11 is 1.28. The molecule has 3 rings (SSSR count). The van der Waals surface area contributed by atoms with Gasteiger partial charge in [0, 0.05) is 11.1 Å². The number of nitriles is 1. The van der Waals surface area contributed by atoms with Crippen LogP contribution < -0.4 is 10.1 Å². The number of nitrogens with one attached hydrogen (secondary N) is 1. The lowest BCUT2D eigenvalue weighted by atomic mass is 10.0. The second-order valence-corrected chi connectivity index (χ2v) is 6.25. The smallest absolute Gasteiger partial charge is 0.262 e. The number of benzene rings is 2. The van der Waals surface area contributed by atoms with Crippen LogP contribution in [0.2, 0.25) is 0 Å². The number of carbonyl (C=O) groups is 2. The maximum atomic E-state index is 12.3. The van der Waals surface area contributed by atoms with Crippen molar-refractivity contribution in [1.29, 1.82) is 5.26 Å². The first-order valence-corrected chi connectivity index (χ1v) is 8.65. The molecule has 1 aromatic heterocycles. The highest BCUT2D eigenvalue weighted by atomic mass is 32.1. The molecule has 0 aliphatic heterocycles. The molecular formula is C20H14N2O3S. The predicted octanol–water partition coefficient (Wildman–Crippen LogP) is 3.87. The van der Waals surface area contributed by atoms with Crippen LogP contribution in [0.1, 0.15) is 21.5 Å². The summed E-state index contributed by atoms with van der Waals surface area (Å²) < 4.78 is 5.43. The van der Waals surface area contributed by atoms with E-state index in [-0.39, 0.29) is 18.3 Å². The molecule has 0 spiro atoms. The summed E-state index contributed by atoms with van der Waals surface area (Å²) in [5.41, 5.74) is 1.59. The molecule has 26 heavy (non-hydrogen) atoms. The number of thiophene rings is 1. The third-order valence-electron chi connectivity index (χ3n) is 3.56. The summed E-state index contributed by atoms with van der Waals surface area (Å²) in [6, 6.07) is 19.3. The van der Waals surface area contributed by atoms with Gasteiger partial charge in [0.2, 0.25) is 0 Å². The van der Waals surface area contributed by atoms with Crippen LogP contribution in [0.5, 0.6) is 5.75 Å². The lowest BCUT2D eigenvalue weighted by Gasteiger charge is -2.07. The van der Waals surface area contributed by atoms with Crippen LogP contribution in [-0.2, 0) is 4.79 Å². The summed E-state index contributed by atoms with van der Waals surface area (Å²) in [5, 5.41) is 13.8. The highest BCUT2D eigenvalue weighted by molar-refractivity contribution is 7.14. The monoisotopic (exact) mass is 362 g/mol. The molecule has 0 atom stereocenters. The standard InChI is InChI=1S/C20H14N2O3S/c21-12-16-10-11-26-20(16)22-18(23)13-25-17-8-6-15(7-9-17)19(24)14-4-2-1-3-5-14/h1-11H,13H2,(H,22,23). The van der Waals surface area contributed by atoms with E-state index in [4.69, 9.17) is 10.00 Å². The van der Waals surface area contributed by atoms with Crippen molar-refractivity contribution in [2.75, 3.05) is 11.9 Å². The predicted molar refractivity (Wildman–Crippen MR) is 99.5 cm³/mol. The van der Waals surface area contributed by atoms with Crippen LogP contribution in [0.25, 0.3) is 0 Å². The van der Waals surface area contributed by atoms with Gasteiger partial charge in [-0.15, -0.1) is 11.3 Å². The zero-order chi connectivity index (χ0) is 18.4. The van der Waals surface area contributed by atoms with Gasteiger partial charge in [0.15, 0.2) is 12.4 Å². The van der Waals surface area contributed by atoms with Crippen molar-refractivity contribution in [1.82, 2.24) is 0 Å². The van der Waals surface area contributed by atoms with E-state index in [0.29, 0.717) is 27.4 Å². The molecule has 2 aromatic carbocycles.